The summed E-state index contributed by atoms with van der Waals surface area (Å²) < 4.78 is 0. The zero-order valence-corrected chi connectivity index (χ0v) is 8.23. The van der Waals surface area contributed by atoms with Crippen LogP contribution in [0.4, 0.5) is 0 Å². The van der Waals surface area contributed by atoms with E-state index in [0.717, 1.165) is 24.8 Å². The summed E-state index contributed by atoms with van der Waals surface area (Å²) in [5.74, 6) is 1.56. The van der Waals surface area contributed by atoms with E-state index in [4.69, 9.17) is 5.73 Å². The van der Waals surface area contributed by atoms with Crippen LogP contribution in [0.15, 0.2) is 10.8 Å². The van der Waals surface area contributed by atoms with Gasteiger partial charge < -0.3 is 5.73 Å². The molecule has 2 unspecified atom stereocenters. The van der Waals surface area contributed by atoms with Gasteiger partial charge >= 0.3 is 0 Å². The van der Waals surface area contributed by atoms with E-state index >= 15 is 0 Å². The van der Waals surface area contributed by atoms with Crippen molar-refractivity contribution in [1.29, 1.82) is 0 Å². The Kier molecular flexibility index (Phi) is 2.20. The quantitative estimate of drug-likeness (QED) is 0.744. The predicted molar refractivity (Wildman–Crippen MR) is 53.6 cm³/mol. The molecule has 0 aliphatic heterocycles. The smallest absolute Gasteiger partial charge is 0.00555 e. The van der Waals surface area contributed by atoms with Gasteiger partial charge in [0.1, 0.15) is 0 Å². The van der Waals surface area contributed by atoms with Gasteiger partial charge in [0.15, 0.2) is 0 Å². The summed E-state index contributed by atoms with van der Waals surface area (Å²) in [6.45, 7) is 3.16. The Morgan fingerprint density at radius 1 is 1.58 bits per heavy atom. The fraction of sp³-hybridized carbons (Fsp3) is 0.600. The maximum absolute atomic E-state index is 5.60. The van der Waals surface area contributed by atoms with E-state index in [1.165, 1.54) is 6.42 Å². The highest BCUT2D eigenvalue weighted by molar-refractivity contribution is 7.08. The van der Waals surface area contributed by atoms with E-state index in [-0.39, 0.29) is 0 Å². The van der Waals surface area contributed by atoms with E-state index < -0.39 is 0 Å². The Bertz CT molecular complexity index is 267. The van der Waals surface area contributed by atoms with Crippen molar-refractivity contribution in [2.24, 2.45) is 11.7 Å². The van der Waals surface area contributed by atoms with Gasteiger partial charge in [-0.15, -0.1) is 0 Å². The number of rotatable bonds is 2. The molecule has 0 fully saturated rings. The lowest BCUT2D eigenvalue weighted by Gasteiger charge is -2.14. The monoisotopic (exact) mass is 181 g/mol. The van der Waals surface area contributed by atoms with Crippen LogP contribution in [-0.2, 0) is 6.42 Å². The zero-order valence-electron chi connectivity index (χ0n) is 7.42. The van der Waals surface area contributed by atoms with E-state index in [1.807, 2.05) is 11.3 Å². The third-order valence-electron chi connectivity index (χ3n) is 2.88. The molecule has 0 saturated heterocycles. The summed E-state index contributed by atoms with van der Waals surface area (Å²) in [6, 6.07) is 0. The van der Waals surface area contributed by atoms with Crippen LogP contribution in [0.5, 0.6) is 0 Å². The highest BCUT2D eigenvalue weighted by Gasteiger charge is 2.28. The standard InChI is InChI=1S/C10H15NS/c1-7-4-8-5-12-6-10(8)9(7)2-3-11/h5-7,9H,2-4,11H2,1H3. The molecule has 2 atom stereocenters. The molecule has 2 rings (SSSR count). The third-order valence-corrected chi connectivity index (χ3v) is 3.69. The Balaban J connectivity index is 2.23. The molecule has 1 aromatic rings. The van der Waals surface area contributed by atoms with E-state index in [0.29, 0.717) is 0 Å². The van der Waals surface area contributed by atoms with Crippen LogP contribution in [0.1, 0.15) is 30.4 Å². The molecule has 1 aliphatic rings. The van der Waals surface area contributed by atoms with Gasteiger partial charge in [0, 0.05) is 0 Å². The van der Waals surface area contributed by atoms with Gasteiger partial charge in [-0.25, -0.2) is 0 Å². The summed E-state index contributed by atoms with van der Waals surface area (Å²) in [4.78, 5) is 0. The first-order valence-electron chi connectivity index (χ1n) is 4.58. The number of fused-ring (bicyclic) bond motifs is 1. The second kappa shape index (κ2) is 3.19. The van der Waals surface area contributed by atoms with Crippen LogP contribution in [0.2, 0.25) is 0 Å². The highest BCUT2D eigenvalue weighted by atomic mass is 32.1. The van der Waals surface area contributed by atoms with Crippen LogP contribution < -0.4 is 5.73 Å². The molecule has 0 spiro atoms. The van der Waals surface area contributed by atoms with Crippen molar-refractivity contribution in [2.75, 3.05) is 6.54 Å². The van der Waals surface area contributed by atoms with Gasteiger partial charge in [0.2, 0.25) is 0 Å². The lowest BCUT2D eigenvalue weighted by molar-refractivity contribution is 0.475. The van der Waals surface area contributed by atoms with Crippen molar-refractivity contribution >= 4 is 11.3 Å². The van der Waals surface area contributed by atoms with Gasteiger partial charge in [0.05, 0.1) is 0 Å². The molecule has 66 valence electrons. The van der Waals surface area contributed by atoms with Gasteiger partial charge in [-0.1, -0.05) is 6.92 Å². The average Bonchev–Trinajstić information content (AvgIpc) is 2.56. The van der Waals surface area contributed by atoms with Crippen LogP contribution in [-0.4, -0.2) is 6.54 Å². The fourth-order valence-electron chi connectivity index (χ4n) is 2.24. The van der Waals surface area contributed by atoms with Crippen molar-refractivity contribution in [2.45, 2.75) is 25.7 Å². The van der Waals surface area contributed by atoms with Crippen molar-refractivity contribution in [3.05, 3.63) is 21.9 Å². The Labute approximate surface area is 77.6 Å². The minimum atomic E-state index is 0.747. The summed E-state index contributed by atoms with van der Waals surface area (Å²) >= 11 is 1.83. The van der Waals surface area contributed by atoms with Crippen LogP contribution in [0.3, 0.4) is 0 Å². The highest BCUT2D eigenvalue weighted by Crippen LogP contribution is 2.41. The Hall–Kier alpha value is -0.340. The molecule has 2 heteroatoms. The van der Waals surface area contributed by atoms with E-state index in [9.17, 15) is 0 Å². The molecule has 0 aromatic carbocycles. The molecule has 0 radical (unpaired) electrons. The molecular formula is C10H15NS. The molecule has 1 aromatic heterocycles. The molecular weight excluding hydrogens is 166 g/mol. The number of nitrogens with two attached hydrogens (primary N) is 1. The first kappa shape index (κ1) is 8.27. The van der Waals surface area contributed by atoms with Gasteiger partial charge in [-0.3, -0.25) is 0 Å². The zero-order chi connectivity index (χ0) is 8.55. The van der Waals surface area contributed by atoms with Crippen molar-refractivity contribution in [3.63, 3.8) is 0 Å². The molecule has 1 nitrogen and oxygen atoms in total. The SMILES string of the molecule is CC1Cc2cscc2C1CCN. The summed E-state index contributed by atoms with van der Waals surface area (Å²) in [7, 11) is 0. The molecule has 0 bridgehead atoms. The number of hydrogen-bond acceptors (Lipinski definition) is 2. The minimum absolute atomic E-state index is 0.747. The molecule has 0 saturated carbocycles. The number of thiophene rings is 1. The maximum Gasteiger partial charge on any atom is -0.00555 e. The van der Waals surface area contributed by atoms with Crippen LogP contribution in [0.25, 0.3) is 0 Å². The summed E-state index contributed by atoms with van der Waals surface area (Å²) in [6.07, 6.45) is 2.42. The summed E-state index contributed by atoms with van der Waals surface area (Å²) in [5.41, 5.74) is 8.76. The Morgan fingerprint density at radius 3 is 3.17 bits per heavy atom. The first-order valence-corrected chi connectivity index (χ1v) is 5.52. The predicted octanol–water partition coefficient (Wildman–Crippen LogP) is 2.37. The van der Waals surface area contributed by atoms with E-state index in [2.05, 4.69) is 17.7 Å². The second-order valence-corrected chi connectivity index (χ2v) is 4.46. The Morgan fingerprint density at radius 2 is 2.42 bits per heavy atom. The third kappa shape index (κ3) is 1.19. The topological polar surface area (TPSA) is 26.0 Å². The summed E-state index contributed by atoms with van der Waals surface area (Å²) in [5, 5.41) is 4.60. The molecule has 1 heterocycles. The first-order chi connectivity index (χ1) is 5.83. The second-order valence-electron chi connectivity index (χ2n) is 3.72. The average molecular weight is 181 g/mol. The fourth-order valence-corrected chi connectivity index (χ4v) is 3.18. The van der Waals surface area contributed by atoms with Crippen molar-refractivity contribution in [3.8, 4) is 0 Å². The lowest BCUT2D eigenvalue weighted by Crippen LogP contribution is -2.10. The number of hydrogen-bond donors (Lipinski definition) is 1. The van der Waals surface area contributed by atoms with Crippen molar-refractivity contribution in [1.82, 2.24) is 0 Å². The molecule has 2 N–H and O–H groups in total. The normalized spacial score (nSPS) is 27.5. The molecule has 12 heavy (non-hydrogen) atoms. The molecule has 1 aliphatic carbocycles. The van der Waals surface area contributed by atoms with E-state index in [1.54, 1.807) is 11.1 Å². The van der Waals surface area contributed by atoms with Gasteiger partial charge in [-0.2, -0.15) is 11.3 Å². The van der Waals surface area contributed by atoms with Crippen LogP contribution >= 0.6 is 11.3 Å². The van der Waals surface area contributed by atoms with Crippen molar-refractivity contribution < 1.29 is 0 Å². The minimum Gasteiger partial charge on any atom is -0.330 e. The molecule has 0 amide bonds. The maximum atomic E-state index is 5.60. The van der Waals surface area contributed by atoms with Gasteiger partial charge in [0.25, 0.3) is 0 Å². The van der Waals surface area contributed by atoms with Gasteiger partial charge in [-0.05, 0) is 53.1 Å². The van der Waals surface area contributed by atoms with Crippen LogP contribution in [0, 0.1) is 5.92 Å². The lowest BCUT2D eigenvalue weighted by atomic mass is 9.92. The largest absolute Gasteiger partial charge is 0.330 e.